The van der Waals surface area contributed by atoms with E-state index in [0.717, 1.165) is 44.4 Å². The molecule has 0 saturated carbocycles. The number of carbonyl (C=O) groups excluding carboxylic acids is 1. The third-order valence-electron chi connectivity index (χ3n) is 6.39. The molecule has 2 aromatic rings. The molecule has 1 atom stereocenters. The van der Waals surface area contributed by atoms with Crippen LogP contribution in [0.1, 0.15) is 49.9 Å². The number of carbonyl (C=O) groups is 1. The van der Waals surface area contributed by atoms with Crippen LogP contribution in [0.25, 0.3) is 0 Å². The smallest absolute Gasteiger partial charge is 0.369 e. The quantitative estimate of drug-likeness (QED) is 0.532. The lowest BCUT2D eigenvalue weighted by atomic mass is 10.3. The molecule has 4 heterocycles. The van der Waals surface area contributed by atoms with Gasteiger partial charge in [-0.1, -0.05) is 6.92 Å². The van der Waals surface area contributed by atoms with Crippen LogP contribution >= 0.6 is 0 Å². The van der Waals surface area contributed by atoms with E-state index in [9.17, 15) is 18.0 Å². The summed E-state index contributed by atoms with van der Waals surface area (Å²) in [5, 5.41) is 10.4. The molecule has 0 aliphatic carbocycles. The number of alkyl halides is 3. The van der Waals surface area contributed by atoms with Crippen molar-refractivity contribution in [3.63, 3.8) is 0 Å². The van der Waals surface area contributed by atoms with Crippen molar-refractivity contribution in [2.75, 3.05) is 49.9 Å². The van der Waals surface area contributed by atoms with Gasteiger partial charge in [0.25, 0.3) is 0 Å². The SMILES string of the molecule is CCN1CC[C@H](n2cc(Nc3ncc(C(F)(F)F)c(NCCCN4CCCC4=O)n3)c(C)n2)C1. The number of nitrogens with zero attached hydrogens (tertiary/aromatic N) is 6. The van der Waals surface area contributed by atoms with E-state index in [0.29, 0.717) is 31.6 Å². The van der Waals surface area contributed by atoms with Gasteiger partial charge in [-0.25, -0.2) is 4.98 Å². The first-order chi connectivity index (χ1) is 16.2. The van der Waals surface area contributed by atoms with Gasteiger partial charge in [-0.2, -0.15) is 23.3 Å². The van der Waals surface area contributed by atoms with Gasteiger partial charge in [0.05, 0.1) is 17.4 Å². The molecule has 34 heavy (non-hydrogen) atoms. The lowest BCUT2D eigenvalue weighted by Crippen LogP contribution is -2.27. The number of aromatic nitrogens is 4. The van der Waals surface area contributed by atoms with E-state index in [2.05, 4.69) is 37.5 Å². The Morgan fingerprint density at radius 2 is 2.09 bits per heavy atom. The summed E-state index contributed by atoms with van der Waals surface area (Å²) in [6.07, 6.45) is 0.970. The highest BCUT2D eigenvalue weighted by molar-refractivity contribution is 5.78. The summed E-state index contributed by atoms with van der Waals surface area (Å²) in [5.41, 5.74) is 0.463. The Bertz CT molecular complexity index is 1010. The predicted octanol–water partition coefficient (Wildman–Crippen LogP) is 3.44. The summed E-state index contributed by atoms with van der Waals surface area (Å²) in [7, 11) is 0. The maximum Gasteiger partial charge on any atom is 0.421 e. The topological polar surface area (TPSA) is 91.2 Å². The van der Waals surface area contributed by atoms with Gasteiger partial charge in [0.1, 0.15) is 11.4 Å². The number of aryl methyl sites for hydroxylation is 1. The van der Waals surface area contributed by atoms with Gasteiger partial charge in [0.2, 0.25) is 11.9 Å². The summed E-state index contributed by atoms with van der Waals surface area (Å²) >= 11 is 0. The zero-order chi connectivity index (χ0) is 24.3. The van der Waals surface area contributed by atoms with Gasteiger partial charge < -0.3 is 20.4 Å². The Morgan fingerprint density at radius 1 is 1.26 bits per heavy atom. The summed E-state index contributed by atoms with van der Waals surface area (Å²) in [5.74, 6) is -0.118. The minimum absolute atomic E-state index is 0.0643. The molecule has 2 saturated heterocycles. The highest BCUT2D eigenvalue weighted by atomic mass is 19.4. The number of likely N-dealkylation sites (tertiary alicyclic amines) is 2. The minimum Gasteiger partial charge on any atom is -0.369 e. The van der Waals surface area contributed by atoms with E-state index in [4.69, 9.17) is 0 Å². The van der Waals surface area contributed by atoms with Crippen LogP contribution in [-0.4, -0.2) is 74.7 Å². The second kappa shape index (κ2) is 10.2. The zero-order valence-electron chi connectivity index (χ0n) is 19.5. The van der Waals surface area contributed by atoms with Crippen LogP contribution in [0.3, 0.4) is 0 Å². The number of nitrogens with one attached hydrogen (secondary N) is 2. The van der Waals surface area contributed by atoms with Crippen molar-refractivity contribution in [3.05, 3.63) is 23.7 Å². The van der Waals surface area contributed by atoms with Crippen molar-refractivity contribution in [1.29, 1.82) is 0 Å². The molecule has 2 aliphatic rings. The number of anilines is 3. The van der Waals surface area contributed by atoms with Crippen LogP contribution in [0, 0.1) is 6.92 Å². The first-order valence-electron chi connectivity index (χ1n) is 11.8. The molecule has 0 unspecified atom stereocenters. The zero-order valence-corrected chi connectivity index (χ0v) is 19.5. The predicted molar refractivity (Wildman–Crippen MR) is 122 cm³/mol. The van der Waals surface area contributed by atoms with Crippen molar-refractivity contribution in [1.82, 2.24) is 29.5 Å². The third kappa shape index (κ3) is 5.60. The first kappa shape index (κ1) is 24.2. The van der Waals surface area contributed by atoms with E-state index < -0.39 is 11.7 Å². The molecule has 2 aromatic heterocycles. The van der Waals surface area contributed by atoms with Gasteiger partial charge >= 0.3 is 6.18 Å². The highest BCUT2D eigenvalue weighted by Gasteiger charge is 2.35. The van der Waals surface area contributed by atoms with Gasteiger partial charge in [-0.3, -0.25) is 9.48 Å². The Morgan fingerprint density at radius 3 is 2.76 bits per heavy atom. The molecule has 2 aliphatic heterocycles. The van der Waals surface area contributed by atoms with Crippen LogP contribution in [0.2, 0.25) is 0 Å². The molecular weight excluding hydrogens is 449 g/mol. The molecule has 186 valence electrons. The monoisotopic (exact) mass is 480 g/mol. The van der Waals surface area contributed by atoms with Crippen molar-refractivity contribution in [2.24, 2.45) is 0 Å². The molecule has 2 fully saturated rings. The standard InChI is InChI=1S/C22H31F3N8O/c1-3-31-11-7-16(13-31)33-14-18(15(2)30-33)28-21-27-12-17(22(23,24)25)20(29-21)26-8-5-10-32-9-4-6-19(32)34/h12,14,16H,3-11,13H2,1-2H3,(H2,26,27,28,29)/t16-/m0/s1. The molecule has 9 nitrogen and oxygen atoms in total. The van der Waals surface area contributed by atoms with Crippen LogP contribution in [0.5, 0.6) is 0 Å². The van der Waals surface area contributed by atoms with Gasteiger partial charge in [-0.05, 0) is 32.7 Å². The Kier molecular flexibility index (Phi) is 7.24. The minimum atomic E-state index is -4.58. The largest absolute Gasteiger partial charge is 0.421 e. The van der Waals surface area contributed by atoms with Crippen molar-refractivity contribution in [2.45, 2.75) is 51.7 Å². The van der Waals surface area contributed by atoms with Gasteiger partial charge in [0.15, 0.2) is 0 Å². The molecule has 0 radical (unpaired) electrons. The Hall–Kier alpha value is -2.89. The molecule has 2 N–H and O–H groups in total. The molecule has 1 amide bonds. The highest BCUT2D eigenvalue weighted by Crippen LogP contribution is 2.34. The number of rotatable bonds is 9. The van der Waals surface area contributed by atoms with E-state index in [1.165, 1.54) is 0 Å². The molecule has 4 rings (SSSR count). The average molecular weight is 481 g/mol. The second-order valence-corrected chi connectivity index (χ2v) is 8.79. The fraction of sp³-hybridized carbons (Fsp3) is 0.636. The molecule has 12 heteroatoms. The fourth-order valence-electron chi connectivity index (χ4n) is 4.43. The molecule has 0 spiro atoms. The normalized spacial score (nSPS) is 19.3. The average Bonchev–Trinajstić information content (AvgIpc) is 3.51. The number of hydrogen-bond acceptors (Lipinski definition) is 7. The fourth-order valence-corrected chi connectivity index (χ4v) is 4.43. The maximum absolute atomic E-state index is 13.5. The van der Waals surface area contributed by atoms with E-state index in [-0.39, 0.29) is 30.3 Å². The number of amides is 1. The number of hydrogen-bond donors (Lipinski definition) is 2. The van der Waals surface area contributed by atoms with Crippen LogP contribution in [0.4, 0.5) is 30.6 Å². The van der Waals surface area contributed by atoms with Crippen molar-refractivity contribution >= 4 is 23.4 Å². The van der Waals surface area contributed by atoms with Crippen LogP contribution < -0.4 is 10.6 Å². The molecular formula is C22H31F3N8O. The lowest BCUT2D eigenvalue weighted by molar-refractivity contribution is -0.137. The van der Waals surface area contributed by atoms with Gasteiger partial charge in [0, 0.05) is 51.5 Å². The third-order valence-corrected chi connectivity index (χ3v) is 6.39. The molecule has 0 aromatic carbocycles. The Labute approximate surface area is 196 Å². The summed E-state index contributed by atoms with van der Waals surface area (Å²) in [6, 6.07) is 0.266. The maximum atomic E-state index is 13.5. The summed E-state index contributed by atoms with van der Waals surface area (Å²) in [6.45, 7) is 8.38. The first-order valence-corrected chi connectivity index (χ1v) is 11.8. The summed E-state index contributed by atoms with van der Waals surface area (Å²) < 4.78 is 42.4. The van der Waals surface area contributed by atoms with Crippen molar-refractivity contribution < 1.29 is 18.0 Å². The van der Waals surface area contributed by atoms with E-state index in [1.807, 2.05) is 17.8 Å². The van der Waals surface area contributed by atoms with Crippen molar-refractivity contribution in [3.8, 4) is 0 Å². The molecule has 0 bridgehead atoms. The second-order valence-electron chi connectivity index (χ2n) is 8.79. The number of likely N-dealkylation sites (N-methyl/N-ethyl adjacent to an activating group) is 1. The van der Waals surface area contributed by atoms with Gasteiger partial charge in [-0.15, -0.1) is 0 Å². The number of halogens is 3. The van der Waals surface area contributed by atoms with Crippen LogP contribution in [-0.2, 0) is 11.0 Å². The van der Waals surface area contributed by atoms with Crippen LogP contribution in [0.15, 0.2) is 12.4 Å². The lowest BCUT2D eigenvalue weighted by Gasteiger charge is -2.17. The summed E-state index contributed by atoms with van der Waals surface area (Å²) in [4.78, 5) is 23.8. The van der Waals surface area contributed by atoms with E-state index >= 15 is 0 Å². The Balaban J connectivity index is 1.43. The van der Waals surface area contributed by atoms with E-state index in [1.54, 1.807) is 4.90 Å².